The number of esters is 2. The molecule has 0 N–H and O–H groups in total. The van der Waals surface area contributed by atoms with Crippen molar-refractivity contribution in [3.05, 3.63) is 11.6 Å². The monoisotopic (exact) mass is 368 g/mol. The third-order valence-electron chi connectivity index (χ3n) is 4.40. The zero-order valence-corrected chi connectivity index (χ0v) is 17.3. The Balaban J connectivity index is 3.77. The first-order chi connectivity index (χ1) is 12.7. The highest BCUT2D eigenvalue weighted by molar-refractivity contribution is 6.14. The average molecular weight is 369 g/mol. The van der Waals surface area contributed by atoms with Gasteiger partial charge >= 0.3 is 11.9 Å². The highest BCUT2D eigenvalue weighted by atomic mass is 16.6. The second-order valence-corrected chi connectivity index (χ2v) is 6.74. The molecule has 0 aromatic rings. The van der Waals surface area contributed by atoms with Gasteiger partial charge in [0, 0.05) is 0 Å². The van der Waals surface area contributed by atoms with E-state index in [0.717, 1.165) is 12.8 Å². The fourth-order valence-corrected chi connectivity index (χ4v) is 2.90. The smallest absolute Gasteiger partial charge is 0.345 e. The van der Waals surface area contributed by atoms with Crippen LogP contribution in [0.2, 0.25) is 0 Å². The lowest BCUT2D eigenvalue weighted by Gasteiger charge is -2.06. The van der Waals surface area contributed by atoms with Gasteiger partial charge in [0.15, 0.2) is 0 Å². The molecule has 0 radical (unpaired) electrons. The van der Waals surface area contributed by atoms with Crippen molar-refractivity contribution in [1.82, 2.24) is 0 Å². The Hall–Kier alpha value is -1.32. The SMILES string of the molecule is CCCCCCCCCCCCCCC=C(C(=O)OCC)C(=O)OCC. The van der Waals surface area contributed by atoms with Gasteiger partial charge in [-0.3, -0.25) is 0 Å². The molecule has 0 aliphatic carbocycles. The largest absolute Gasteiger partial charge is 0.462 e. The minimum Gasteiger partial charge on any atom is -0.462 e. The van der Waals surface area contributed by atoms with E-state index in [1.807, 2.05) is 0 Å². The van der Waals surface area contributed by atoms with Crippen LogP contribution in [0.1, 0.15) is 104 Å². The fourth-order valence-electron chi connectivity index (χ4n) is 2.90. The van der Waals surface area contributed by atoms with E-state index in [4.69, 9.17) is 9.47 Å². The average Bonchev–Trinajstić information content (AvgIpc) is 2.62. The molecule has 4 heteroatoms. The molecule has 0 bridgehead atoms. The summed E-state index contributed by atoms with van der Waals surface area (Å²) in [5, 5.41) is 0. The number of allylic oxidation sites excluding steroid dienone is 1. The Labute approximate surface area is 160 Å². The van der Waals surface area contributed by atoms with E-state index in [1.54, 1.807) is 19.9 Å². The maximum absolute atomic E-state index is 11.8. The first kappa shape index (κ1) is 24.7. The number of hydrogen-bond donors (Lipinski definition) is 0. The number of unbranched alkanes of at least 4 members (excludes halogenated alkanes) is 12. The molecule has 0 aromatic carbocycles. The molecule has 0 amide bonds. The van der Waals surface area contributed by atoms with Crippen LogP contribution in [0.4, 0.5) is 0 Å². The van der Waals surface area contributed by atoms with Gasteiger partial charge in [-0.15, -0.1) is 0 Å². The highest BCUT2D eigenvalue weighted by Gasteiger charge is 2.20. The van der Waals surface area contributed by atoms with Gasteiger partial charge in [-0.25, -0.2) is 9.59 Å². The van der Waals surface area contributed by atoms with Gasteiger partial charge in [0.2, 0.25) is 0 Å². The summed E-state index contributed by atoms with van der Waals surface area (Å²) in [7, 11) is 0. The summed E-state index contributed by atoms with van der Waals surface area (Å²) in [6.45, 7) is 6.23. The molecule has 26 heavy (non-hydrogen) atoms. The summed E-state index contributed by atoms with van der Waals surface area (Å²) in [4.78, 5) is 23.6. The molecule has 0 unspecified atom stereocenters. The second-order valence-electron chi connectivity index (χ2n) is 6.74. The van der Waals surface area contributed by atoms with Crippen LogP contribution in [0.3, 0.4) is 0 Å². The van der Waals surface area contributed by atoms with Crippen LogP contribution < -0.4 is 0 Å². The van der Waals surface area contributed by atoms with Gasteiger partial charge in [-0.2, -0.15) is 0 Å². The Bertz CT molecular complexity index is 368. The Morgan fingerprint density at radius 1 is 0.615 bits per heavy atom. The van der Waals surface area contributed by atoms with Crippen LogP contribution >= 0.6 is 0 Å². The lowest BCUT2D eigenvalue weighted by atomic mass is 10.0. The van der Waals surface area contributed by atoms with Gasteiger partial charge in [0.25, 0.3) is 0 Å². The molecule has 0 aliphatic rings. The van der Waals surface area contributed by atoms with E-state index in [2.05, 4.69) is 6.92 Å². The van der Waals surface area contributed by atoms with Crippen LogP contribution in [-0.2, 0) is 19.1 Å². The predicted octanol–water partition coefficient (Wildman–Crippen LogP) is 6.13. The van der Waals surface area contributed by atoms with Crippen LogP contribution in [0.5, 0.6) is 0 Å². The minimum atomic E-state index is -0.579. The lowest BCUT2D eigenvalue weighted by Crippen LogP contribution is -2.18. The summed E-state index contributed by atoms with van der Waals surface area (Å²) in [5.41, 5.74) is 0.0387. The quantitative estimate of drug-likeness (QED) is 0.102. The van der Waals surface area contributed by atoms with Crippen LogP contribution in [0.25, 0.3) is 0 Å². The van der Waals surface area contributed by atoms with Gasteiger partial charge in [-0.05, 0) is 26.7 Å². The van der Waals surface area contributed by atoms with E-state index in [0.29, 0.717) is 6.42 Å². The summed E-state index contributed by atoms with van der Waals surface area (Å²) < 4.78 is 9.85. The molecule has 0 fully saturated rings. The zero-order chi connectivity index (χ0) is 19.5. The molecule has 0 saturated carbocycles. The Morgan fingerprint density at radius 3 is 1.38 bits per heavy atom. The maximum Gasteiger partial charge on any atom is 0.345 e. The van der Waals surface area contributed by atoms with E-state index in [-0.39, 0.29) is 18.8 Å². The Morgan fingerprint density at radius 2 is 1.00 bits per heavy atom. The molecule has 0 rings (SSSR count). The molecule has 4 nitrogen and oxygen atoms in total. The van der Waals surface area contributed by atoms with Gasteiger partial charge in [0.05, 0.1) is 13.2 Å². The number of ether oxygens (including phenoxy) is 2. The standard InChI is InChI=1S/C22H40O4/c1-4-7-8-9-10-11-12-13-14-15-16-17-18-19-20(21(23)25-5-2)22(24)26-6-3/h19H,4-18H2,1-3H3. The lowest BCUT2D eigenvalue weighted by molar-refractivity contribution is -0.146. The van der Waals surface area contributed by atoms with Crippen molar-refractivity contribution >= 4 is 11.9 Å². The van der Waals surface area contributed by atoms with Crippen LogP contribution in [0.15, 0.2) is 11.6 Å². The second kappa shape index (κ2) is 18.5. The van der Waals surface area contributed by atoms with E-state index < -0.39 is 11.9 Å². The molecule has 0 spiro atoms. The first-order valence-corrected chi connectivity index (χ1v) is 10.7. The van der Waals surface area contributed by atoms with Gasteiger partial charge in [-0.1, -0.05) is 83.6 Å². The molecular weight excluding hydrogens is 328 g/mol. The topological polar surface area (TPSA) is 52.6 Å². The van der Waals surface area contributed by atoms with Crippen LogP contribution in [0, 0.1) is 0 Å². The molecule has 0 aromatic heterocycles. The summed E-state index contributed by atoms with van der Waals surface area (Å²) in [5.74, 6) is -1.16. The van der Waals surface area contributed by atoms with E-state index in [9.17, 15) is 9.59 Å². The van der Waals surface area contributed by atoms with Crippen LogP contribution in [-0.4, -0.2) is 25.2 Å². The van der Waals surface area contributed by atoms with Crippen molar-refractivity contribution in [2.75, 3.05) is 13.2 Å². The zero-order valence-electron chi connectivity index (χ0n) is 17.3. The molecule has 0 aliphatic heterocycles. The first-order valence-electron chi connectivity index (χ1n) is 10.7. The van der Waals surface area contributed by atoms with Gasteiger partial charge in [0.1, 0.15) is 5.57 Å². The molecule has 0 heterocycles. The Kier molecular flexibility index (Phi) is 17.5. The molecule has 152 valence electrons. The molecule has 0 atom stereocenters. The number of hydrogen-bond acceptors (Lipinski definition) is 4. The number of rotatable bonds is 17. The van der Waals surface area contributed by atoms with Crippen molar-refractivity contribution < 1.29 is 19.1 Å². The normalized spacial score (nSPS) is 10.4. The van der Waals surface area contributed by atoms with Crippen molar-refractivity contribution in [3.8, 4) is 0 Å². The number of carbonyl (C=O) groups is 2. The van der Waals surface area contributed by atoms with Crippen molar-refractivity contribution in [1.29, 1.82) is 0 Å². The minimum absolute atomic E-state index is 0.0387. The third-order valence-corrected chi connectivity index (χ3v) is 4.40. The fraction of sp³-hybridized carbons (Fsp3) is 0.818. The van der Waals surface area contributed by atoms with E-state index in [1.165, 1.54) is 64.2 Å². The highest BCUT2D eigenvalue weighted by Crippen LogP contribution is 2.13. The number of carbonyl (C=O) groups excluding carboxylic acids is 2. The summed E-state index contributed by atoms with van der Waals surface area (Å²) in [6, 6.07) is 0. The molecular formula is C22H40O4. The third kappa shape index (κ3) is 13.9. The van der Waals surface area contributed by atoms with Crippen molar-refractivity contribution in [2.45, 2.75) is 104 Å². The van der Waals surface area contributed by atoms with E-state index >= 15 is 0 Å². The van der Waals surface area contributed by atoms with Crippen molar-refractivity contribution in [3.63, 3.8) is 0 Å². The van der Waals surface area contributed by atoms with Crippen molar-refractivity contribution in [2.24, 2.45) is 0 Å². The predicted molar refractivity (Wildman–Crippen MR) is 107 cm³/mol. The van der Waals surface area contributed by atoms with Gasteiger partial charge < -0.3 is 9.47 Å². The summed E-state index contributed by atoms with van der Waals surface area (Å²) in [6.07, 6.45) is 17.9. The molecule has 0 saturated heterocycles. The summed E-state index contributed by atoms with van der Waals surface area (Å²) >= 11 is 0. The maximum atomic E-state index is 11.8.